The lowest BCUT2D eigenvalue weighted by atomic mass is 10.1. The molecular formula is C13H23N5O2. The fourth-order valence-electron chi connectivity index (χ4n) is 2.25. The monoisotopic (exact) mass is 281 g/mol. The van der Waals surface area contributed by atoms with E-state index >= 15 is 0 Å². The zero-order valence-corrected chi connectivity index (χ0v) is 11.9. The number of hydrogen-bond donors (Lipinski definition) is 3. The molecule has 0 aliphatic carbocycles. The predicted molar refractivity (Wildman–Crippen MR) is 77.3 cm³/mol. The molecule has 1 unspecified atom stereocenters. The smallest absolute Gasteiger partial charge is 0.158 e. The van der Waals surface area contributed by atoms with Crippen LogP contribution in [-0.4, -0.2) is 36.3 Å². The number of rotatable bonds is 7. The molecule has 4 N–H and O–H groups in total. The summed E-state index contributed by atoms with van der Waals surface area (Å²) in [5.74, 6) is 7.32. The summed E-state index contributed by atoms with van der Waals surface area (Å²) in [4.78, 5) is 8.57. The van der Waals surface area contributed by atoms with Gasteiger partial charge in [0.25, 0.3) is 0 Å². The van der Waals surface area contributed by atoms with Gasteiger partial charge in [0, 0.05) is 26.3 Å². The molecule has 112 valence electrons. The molecule has 7 nitrogen and oxygen atoms in total. The fourth-order valence-corrected chi connectivity index (χ4v) is 2.25. The van der Waals surface area contributed by atoms with Crippen molar-refractivity contribution >= 4 is 11.6 Å². The SMILES string of the molecule is COCc1nc(NN)cc(NCCC2CCCCO2)n1. The van der Waals surface area contributed by atoms with Crippen LogP contribution in [0.15, 0.2) is 6.07 Å². The highest BCUT2D eigenvalue weighted by Gasteiger charge is 2.13. The van der Waals surface area contributed by atoms with E-state index in [0.29, 0.717) is 24.4 Å². The van der Waals surface area contributed by atoms with E-state index in [-0.39, 0.29) is 0 Å². The Bertz CT molecular complexity index is 410. The van der Waals surface area contributed by atoms with E-state index < -0.39 is 0 Å². The summed E-state index contributed by atoms with van der Waals surface area (Å²) in [6, 6.07) is 1.78. The predicted octanol–water partition coefficient (Wildman–Crippen LogP) is 1.28. The van der Waals surface area contributed by atoms with Gasteiger partial charge in [-0.25, -0.2) is 15.8 Å². The number of ether oxygens (including phenoxy) is 2. The van der Waals surface area contributed by atoms with Gasteiger partial charge in [0.1, 0.15) is 18.2 Å². The molecule has 20 heavy (non-hydrogen) atoms. The van der Waals surface area contributed by atoms with Gasteiger partial charge in [-0.05, 0) is 25.7 Å². The number of nitrogen functional groups attached to an aromatic ring is 1. The molecule has 2 heterocycles. The number of hydrogen-bond acceptors (Lipinski definition) is 7. The van der Waals surface area contributed by atoms with Gasteiger partial charge in [0.2, 0.25) is 0 Å². The third-order valence-corrected chi connectivity index (χ3v) is 3.24. The molecule has 1 aliphatic rings. The minimum absolute atomic E-state index is 0.357. The number of aromatic nitrogens is 2. The Labute approximate surface area is 119 Å². The largest absolute Gasteiger partial charge is 0.378 e. The zero-order valence-electron chi connectivity index (χ0n) is 11.9. The van der Waals surface area contributed by atoms with Crippen LogP contribution in [0.25, 0.3) is 0 Å². The first-order valence-electron chi connectivity index (χ1n) is 7.01. The zero-order chi connectivity index (χ0) is 14.2. The van der Waals surface area contributed by atoms with Crippen molar-refractivity contribution in [2.75, 3.05) is 31.0 Å². The van der Waals surface area contributed by atoms with Crippen LogP contribution in [0.3, 0.4) is 0 Å². The maximum Gasteiger partial charge on any atom is 0.158 e. The molecule has 1 aromatic heterocycles. The molecular weight excluding hydrogens is 258 g/mol. The van der Waals surface area contributed by atoms with Crippen molar-refractivity contribution in [3.05, 3.63) is 11.9 Å². The molecule has 1 atom stereocenters. The van der Waals surface area contributed by atoms with Gasteiger partial charge in [-0.1, -0.05) is 0 Å². The summed E-state index contributed by atoms with van der Waals surface area (Å²) >= 11 is 0. The molecule has 0 saturated carbocycles. The third-order valence-electron chi connectivity index (χ3n) is 3.24. The summed E-state index contributed by atoms with van der Waals surface area (Å²) in [6.07, 6.45) is 4.94. The van der Waals surface area contributed by atoms with E-state index in [1.54, 1.807) is 13.2 Å². The maximum atomic E-state index is 5.70. The summed E-state index contributed by atoms with van der Waals surface area (Å²) < 4.78 is 10.7. The van der Waals surface area contributed by atoms with E-state index in [9.17, 15) is 0 Å². The van der Waals surface area contributed by atoms with Crippen molar-refractivity contribution in [2.24, 2.45) is 5.84 Å². The molecule has 2 rings (SSSR count). The van der Waals surface area contributed by atoms with Gasteiger partial charge in [-0.15, -0.1) is 0 Å². The summed E-state index contributed by atoms with van der Waals surface area (Å²) in [6.45, 7) is 2.06. The van der Waals surface area contributed by atoms with Gasteiger partial charge in [0.15, 0.2) is 5.82 Å². The standard InChI is InChI=1S/C13H23N5O2/c1-19-9-13-16-11(8-12(17-13)18-14)15-6-5-10-4-2-3-7-20-10/h8,10H,2-7,9,14H2,1H3,(H2,15,16,17,18). The molecule has 0 aromatic carbocycles. The normalized spacial score (nSPS) is 18.8. The van der Waals surface area contributed by atoms with Crippen LogP contribution in [0.2, 0.25) is 0 Å². The molecule has 7 heteroatoms. The van der Waals surface area contributed by atoms with Crippen molar-refractivity contribution < 1.29 is 9.47 Å². The second-order valence-corrected chi connectivity index (χ2v) is 4.84. The second-order valence-electron chi connectivity index (χ2n) is 4.84. The summed E-state index contributed by atoms with van der Waals surface area (Å²) in [7, 11) is 1.61. The van der Waals surface area contributed by atoms with Crippen molar-refractivity contribution in [2.45, 2.75) is 38.4 Å². The Balaban J connectivity index is 1.85. The van der Waals surface area contributed by atoms with Crippen LogP contribution in [0.5, 0.6) is 0 Å². The van der Waals surface area contributed by atoms with E-state index in [1.807, 2.05) is 0 Å². The molecule has 1 aromatic rings. The number of anilines is 2. The van der Waals surface area contributed by atoms with E-state index in [4.69, 9.17) is 15.3 Å². The molecule has 1 saturated heterocycles. The number of nitrogens with one attached hydrogen (secondary N) is 2. The third kappa shape index (κ3) is 4.59. The minimum atomic E-state index is 0.357. The van der Waals surface area contributed by atoms with E-state index in [2.05, 4.69) is 20.7 Å². The van der Waals surface area contributed by atoms with Crippen molar-refractivity contribution in [3.63, 3.8) is 0 Å². The first kappa shape index (κ1) is 15.0. The number of hydrazine groups is 1. The van der Waals surface area contributed by atoms with Gasteiger partial charge in [0.05, 0.1) is 6.10 Å². The Morgan fingerprint density at radius 2 is 2.25 bits per heavy atom. The number of nitrogens with zero attached hydrogens (tertiary/aromatic N) is 2. The van der Waals surface area contributed by atoms with Crippen molar-refractivity contribution in [1.29, 1.82) is 0 Å². The Morgan fingerprint density at radius 1 is 1.40 bits per heavy atom. The second kappa shape index (κ2) is 7.98. The van der Waals surface area contributed by atoms with E-state index in [1.165, 1.54) is 12.8 Å². The van der Waals surface area contributed by atoms with Crippen LogP contribution in [0.4, 0.5) is 11.6 Å². The lowest BCUT2D eigenvalue weighted by Crippen LogP contribution is -2.22. The first-order chi connectivity index (χ1) is 9.81. The van der Waals surface area contributed by atoms with Gasteiger partial charge in [-0.2, -0.15) is 0 Å². The van der Waals surface area contributed by atoms with Crippen molar-refractivity contribution in [1.82, 2.24) is 9.97 Å². The van der Waals surface area contributed by atoms with Crippen LogP contribution in [0.1, 0.15) is 31.5 Å². The Kier molecular flexibility index (Phi) is 5.97. The first-order valence-corrected chi connectivity index (χ1v) is 7.01. The average molecular weight is 281 g/mol. The quantitative estimate of drug-likeness (QED) is 0.512. The Hall–Kier alpha value is -1.44. The molecule has 0 amide bonds. The van der Waals surface area contributed by atoms with E-state index in [0.717, 1.165) is 31.8 Å². The lowest BCUT2D eigenvalue weighted by molar-refractivity contribution is 0.0134. The molecule has 0 radical (unpaired) electrons. The van der Waals surface area contributed by atoms with Crippen LogP contribution >= 0.6 is 0 Å². The highest BCUT2D eigenvalue weighted by Crippen LogP contribution is 2.16. The molecule has 0 spiro atoms. The maximum absolute atomic E-state index is 5.70. The van der Waals surface area contributed by atoms with Crippen LogP contribution in [0, 0.1) is 0 Å². The van der Waals surface area contributed by atoms with Gasteiger partial charge < -0.3 is 20.2 Å². The molecule has 0 bridgehead atoms. The number of nitrogens with two attached hydrogens (primary N) is 1. The summed E-state index contributed by atoms with van der Waals surface area (Å²) in [5.41, 5.74) is 2.53. The van der Waals surface area contributed by atoms with Crippen LogP contribution < -0.4 is 16.6 Å². The summed E-state index contributed by atoms with van der Waals surface area (Å²) in [5, 5.41) is 3.28. The van der Waals surface area contributed by atoms with Gasteiger partial charge in [-0.3, -0.25) is 0 Å². The molecule has 1 aliphatic heterocycles. The highest BCUT2D eigenvalue weighted by molar-refractivity contribution is 5.46. The molecule has 1 fully saturated rings. The average Bonchev–Trinajstić information content (AvgIpc) is 2.48. The Morgan fingerprint density at radius 3 is 2.95 bits per heavy atom. The van der Waals surface area contributed by atoms with Crippen molar-refractivity contribution in [3.8, 4) is 0 Å². The lowest BCUT2D eigenvalue weighted by Gasteiger charge is -2.22. The fraction of sp³-hybridized carbons (Fsp3) is 0.692. The topological polar surface area (TPSA) is 94.3 Å². The number of methoxy groups -OCH3 is 1. The highest BCUT2D eigenvalue weighted by atomic mass is 16.5. The minimum Gasteiger partial charge on any atom is -0.378 e. The van der Waals surface area contributed by atoms with Gasteiger partial charge >= 0.3 is 0 Å². The van der Waals surface area contributed by atoms with Crippen LogP contribution in [-0.2, 0) is 16.1 Å².